The molecule has 2 aliphatic rings. The number of aromatic nitrogens is 2. The largest absolute Gasteiger partial charge is 0.378 e. The van der Waals surface area contributed by atoms with Gasteiger partial charge < -0.3 is 19.3 Å². The SMILES string of the molecule is c1c[n+](-c2ccc(N3CCOCC3)cc2)ccc1-c1cc[n+](-c2ccc(N3CCOCC3)cc2)cc1. The smallest absolute Gasteiger partial charge is 0.210 e. The minimum atomic E-state index is 0.804. The minimum absolute atomic E-state index is 0.804. The van der Waals surface area contributed by atoms with Crippen molar-refractivity contribution in [3.63, 3.8) is 0 Å². The quantitative estimate of drug-likeness (QED) is 0.409. The summed E-state index contributed by atoms with van der Waals surface area (Å²) >= 11 is 0. The van der Waals surface area contributed by atoms with Crippen molar-refractivity contribution in [2.24, 2.45) is 0 Å². The Morgan fingerprint density at radius 3 is 1.11 bits per heavy atom. The molecule has 0 unspecified atom stereocenters. The molecule has 6 nitrogen and oxygen atoms in total. The predicted molar refractivity (Wildman–Crippen MR) is 141 cm³/mol. The Kier molecular flexibility index (Phi) is 6.61. The van der Waals surface area contributed by atoms with Crippen molar-refractivity contribution in [1.29, 1.82) is 0 Å². The van der Waals surface area contributed by atoms with E-state index in [1.54, 1.807) is 0 Å². The zero-order valence-electron chi connectivity index (χ0n) is 20.5. The Morgan fingerprint density at radius 1 is 0.444 bits per heavy atom. The molecule has 0 atom stereocenters. The Labute approximate surface area is 212 Å². The first-order valence-corrected chi connectivity index (χ1v) is 12.7. The van der Waals surface area contributed by atoms with E-state index in [9.17, 15) is 0 Å². The van der Waals surface area contributed by atoms with E-state index in [1.807, 2.05) is 0 Å². The van der Waals surface area contributed by atoms with Crippen LogP contribution in [0.2, 0.25) is 0 Å². The van der Waals surface area contributed by atoms with Gasteiger partial charge in [-0.2, -0.15) is 9.13 Å². The second kappa shape index (κ2) is 10.5. The second-order valence-corrected chi connectivity index (χ2v) is 9.22. The molecule has 6 rings (SSSR count). The van der Waals surface area contributed by atoms with Gasteiger partial charge in [0.15, 0.2) is 24.8 Å². The van der Waals surface area contributed by atoms with Crippen LogP contribution in [0.15, 0.2) is 97.6 Å². The first kappa shape index (κ1) is 22.7. The molecule has 2 aliphatic heterocycles. The summed E-state index contributed by atoms with van der Waals surface area (Å²) in [5, 5.41) is 0. The lowest BCUT2D eigenvalue weighted by Gasteiger charge is -2.28. The van der Waals surface area contributed by atoms with E-state index in [1.165, 1.54) is 22.5 Å². The van der Waals surface area contributed by atoms with Crippen LogP contribution in [0.25, 0.3) is 22.5 Å². The average molecular weight is 481 g/mol. The molecule has 4 heterocycles. The van der Waals surface area contributed by atoms with Crippen LogP contribution in [0.3, 0.4) is 0 Å². The molecule has 0 N–H and O–H groups in total. The van der Waals surface area contributed by atoms with Crippen LogP contribution in [0.4, 0.5) is 11.4 Å². The molecule has 0 spiro atoms. The number of pyridine rings is 2. The van der Waals surface area contributed by atoms with E-state index in [0.29, 0.717) is 0 Å². The van der Waals surface area contributed by atoms with Crippen LogP contribution in [0.1, 0.15) is 0 Å². The van der Waals surface area contributed by atoms with Gasteiger partial charge >= 0.3 is 0 Å². The maximum Gasteiger partial charge on any atom is 0.210 e. The molecule has 2 fully saturated rings. The van der Waals surface area contributed by atoms with E-state index in [-0.39, 0.29) is 0 Å². The van der Waals surface area contributed by atoms with Crippen molar-refractivity contribution < 1.29 is 18.6 Å². The number of benzene rings is 2. The summed E-state index contributed by atoms with van der Waals surface area (Å²) in [6, 6.07) is 26.2. The van der Waals surface area contributed by atoms with Crippen molar-refractivity contribution >= 4 is 11.4 Å². The van der Waals surface area contributed by atoms with E-state index < -0.39 is 0 Å². The first-order valence-electron chi connectivity index (χ1n) is 12.7. The van der Waals surface area contributed by atoms with Gasteiger partial charge in [0.1, 0.15) is 0 Å². The molecular formula is C30H32N4O2+2. The molecule has 0 bridgehead atoms. The maximum atomic E-state index is 5.46. The molecule has 0 amide bonds. The van der Waals surface area contributed by atoms with Crippen molar-refractivity contribution in [1.82, 2.24) is 0 Å². The summed E-state index contributed by atoms with van der Waals surface area (Å²) in [6.45, 7) is 7.04. The number of anilines is 2. The zero-order chi connectivity index (χ0) is 24.2. The number of morpholine rings is 2. The molecule has 0 aliphatic carbocycles. The van der Waals surface area contributed by atoms with Gasteiger partial charge in [-0.3, -0.25) is 0 Å². The Bertz CT molecular complexity index is 1160. The highest BCUT2D eigenvalue weighted by atomic mass is 16.5. The summed E-state index contributed by atoms with van der Waals surface area (Å²) in [5.41, 5.74) is 7.23. The van der Waals surface area contributed by atoms with E-state index >= 15 is 0 Å². The van der Waals surface area contributed by atoms with Crippen molar-refractivity contribution in [3.8, 4) is 22.5 Å². The lowest BCUT2D eigenvalue weighted by Crippen LogP contribution is -2.36. The standard InChI is InChI=1S/C30H32N4O2/c1-5-29(33-17-21-35-22-18-33)6-2-27(1)31-13-9-25(10-14-31)26-11-15-32(16-12-26)28-3-7-30(8-4-28)34-19-23-36-24-20-34/h1-16H,17-24H2/q+2. The third-order valence-electron chi connectivity index (χ3n) is 7.04. The lowest BCUT2D eigenvalue weighted by molar-refractivity contribution is -0.596. The fraction of sp³-hybridized carbons (Fsp3) is 0.267. The normalized spacial score (nSPS) is 16.2. The number of hydrogen-bond donors (Lipinski definition) is 0. The number of ether oxygens (including phenoxy) is 2. The van der Waals surface area contributed by atoms with Gasteiger partial charge in [-0.15, -0.1) is 0 Å². The number of nitrogens with zero attached hydrogens (tertiary/aromatic N) is 4. The van der Waals surface area contributed by atoms with Crippen LogP contribution < -0.4 is 18.9 Å². The highest BCUT2D eigenvalue weighted by molar-refractivity contribution is 5.61. The average Bonchev–Trinajstić information content (AvgIpc) is 2.98. The summed E-state index contributed by atoms with van der Waals surface area (Å²) in [5.74, 6) is 0. The minimum Gasteiger partial charge on any atom is -0.378 e. The Morgan fingerprint density at radius 2 is 0.778 bits per heavy atom. The van der Waals surface area contributed by atoms with Crippen LogP contribution in [0, 0.1) is 0 Å². The topological polar surface area (TPSA) is 32.7 Å². The molecule has 2 aromatic heterocycles. The summed E-state index contributed by atoms with van der Waals surface area (Å²) in [4.78, 5) is 4.75. The summed E-state index contributed by atoms with van der Waals surface area (Å²) < 4.78 is 15.2. The number of rotatable bonds is 5. The first-order chi connectivity index (χ1) is 17.8. The van der Waals surface area contributed by atoms with Gasteiger partial charge in [0.2, 0.25) is 11.4 Å². The fourth-order valence-electron chi connectivity index (χ4n) is 4.90. The Balaban J connectivity index is 1.13. The molecule has 0 radical (unpaired) electrons. The van der Waals surface area contributed by atoms with E-state index in [0.717, 1.165) is 64.0 Å². The molecular weight excluding hydrogens is 448 g/mol. The molecule has 6 heteroatoms. The molecule has 4 aromatic rings. The van der Waals surface area contributed by atoms with Crippen molar-refractivity contribution in [3.05, 3.63) is 97.6 Å². The zero-order valence-corrected chi connectivity index (χ0v) is 20.5. The predicted octanol–water partition coefficient (Wildman–Crippen LogP) is 3.58. The van der Waals surface area contributed by atoms with Crippen LogP contribution in [-0.4, -0.2) is 52.6 Å². The van der Waals surface area contributed by atoms with Gasteiger partial charge in [-0.25, -0.2) is 0 Å². The van der Waals surface area contributed by atoms with E-state index in [2.05, 4.69) is 117 Å². The van der Waals surface area contributed by atoms with Crippen LogP contribution in [-0.2, 0) is 9.47 Å². The summed E-state index contributed by atoms with van der Waals surface area (Å²) in [7, 11) is 0. The number of hydrogen-bond acceptors (Lipinski definition) is 4. The van der Waals surface area contributed by atoms with Crippen LogP contribution >= 0.6 is 0 Å². The molecule has 2 aromatic carbocycles. The Hall–Kier alpha value is -3.74. The lowest BCUT2D eigenvalue weighted by atomic mass is 10.1. The second-order valence-electron chi connectivity index (χ2n) is 9.22. The van der Waals surface area contributed by atoms with Gasteiger partial charge in [0.05, 0.1) is 26.4 Å². The molecule has 2 saturated heterocycles. The third-order valence-corrected chi connectivity index (χ3v) is 7.04. The van der Waals surface area contributed by atoms with Crippen molar-refractivity contribution in [2.45, 2.75) is 0 Å². The summed E-state index contributed by atoms with van der Waals surface area (Å²) in [6.07, 6.45) is 8.52. The fourth-order valence-corrected chi connectivity index (χ4v) is 4.90. The van der Waals surface area contributed by atoms with Crippen LogP contribution in [0.5, 0.6) is 0 Å². The third kappa shape index (κ3) is 4.96. The van der Waals surface area contributed by atoms with E-state index in [4.69, 9.17) is 9.47 Å². The monoisotopic (exact) mass is 480 g/mol. The molecule has 0 saturated carbocycles. The van der Waals surface area contributed by atoms with Gasteiger partial charge in [-0.05, 0) is 35.4 Å². The van der Waals surface area contributed by atoms with Gasteiger partial charge in [0.25, 0.3) is 0 Å². The highest BCUT2D eigenvalue weighted by Gasteiger charge is 2.15. The maximum absolute atomic E-state index is 5.46. The molecule has 182 valence electrons. The van der Waals surface area contributed by atoms with Gasteiger partial charge in [0, 0.05) is 86.1 Å². The van der Waals surface area contributed by atoms with Gasteiger partial charge in [-0.1, -0.05) is 0 Å². The molecule has 36 heavy (non-hydrogen) atoms. The highest BCUT2D eigenvalue weighted by Crippen LogP contribution is 2.20. The van der Waals surface area contributed by atoms with Crippen molar-refractivity contribution in [2.75, 3.05) is 62.4 Å².